The maximum absolute atomic E-state index is 12.5. The lowest BCUT2D eigenvalue weighted by molar-refractivity contribution is -0.133. The number of hydrogen-bond donors (Lipinski definition) is 0. The summed E-state index contributed by atoms with van der Waals surface area (Å²) in [7, 11) is 0. The Labute approximate surface area is 136 Å². The maximum atomic E-state index is 12.5. The van der Waals surface area contributed by atoms with E-state index in [1.54, 1.807) is 11.0 Å². The van der Waals surface area contributed by atoms with Crippen molar-refractivity contribution in [1.82, 2.24) is 25.1 Å². The van der Waals surface area contributed by atoms with Crippen LogP contribution in [0.3, 0.4) is 0 Å². The molecule has 0 spiro atoms. The molecule has 1 saturated heterocycles. The van der Waals surface area contributed by atoms with E-state index in [9.17, 15) is 4.79 Å². The molecule has 1 aromatic heterocycles. The minimum absolute atomic E-state index is 0.0605. The molecule has 6 heteroatoms. The zero-order valence-corrected chi connectivity index (χ0v) is 13.6. The first-order valence-corrected chi connectivity index (χ1v) is 8.21. The Morgan fingerprint density at radius 3 is 2.87 bits per heavy atom. The van der Waals surface area contributed by atoms with Gasteiger partial charge in [0.15, 0.2) is 0 Å². The largest absolute Gasteiger partial charge is 0.342 e. The first-order valence-electron chi connectivity index (χ1n) is 8.21. The second-order valence-electron chi connectivity index (χ2n) is 6.52. The maximum Gasteiger partial charge on any atom is 0.222 e. The molecule has 3 rings (SSSR count). The van der Waals surface area contributed by atoms with Gasteiger partial charge in [-0.25, -0.2) is 4.68 Å². The predicted octanol–water partition coefficient (Wildman–Crippen LogP) is 2.03. The second kappa shape index (κ2) is 6.89. The van der Waals surface area contributed by atoms with Crippen LogP contribution in [0.2, 0.25) is 0 Å². The molecule has 6 nitrogen and oxygen atoms in total. The van der Waals surface area contributed by atoms with E-state index in [1.807, 2.05) is 11.0 Å². The molecule has 0 bridgehead atoms. The van der Waals surface area contributed by atoms with Crippen LogP contribution in [0.5, 0.6) is 0 Å². The van der Waals surface area contributed by atoms with E-state index in [0.29, 0.717) is 13.0 Å². The van der Waals surface area contributed by atoms with E-state index in [-0.39, 0.29) is 11.3 Å². The van der Waals surface area contributed by atoms with Gasteiger partial charge in [-0.05, 0) is 35.3 Å². The van der Waals surface area contributed by atoms with Crippen molar-refractivity contribution in [3.8, 4) is 0 Å². The molecule has 1 fully saturated rings. The first-order chi connectivity index (χ1) is 11.2. The molecular weight excluding hydrogens is 290 g/mol. The molecule has 0 saturated carbocycles. The molecule has 2 aromatic rings. The fourth-order valence-electron chi connectivity index (χ4n) is 3.36. The fraction of sp³-hybridized carbons (Fsp3) is 0.529. The van der Waals surface area contributed by atoms with Gasteiger partial charge in [0.1, 0.15) is 6.33 Å². The van der Waals surface area contributed by atoms with E-state index >= 15 is 0 Å². The number of amides is 1. The van der Waals surface area contributed by atoms with Crippen LogP contribution < -0.4 is 0 Å². The van der Waals surface area contributed by atoms with Gasteiger partial charge in [-0.15, -0.1) is 5.10 Å². The molecule has 122 valence electrons. The van der Waals surface area contributed by atoms with Crippen molar-refractivity contribution in [2.45, 2.75) is 44.6 Å². The zero-order valence-electron chi connectivity index (χ0n) is 13.6. The lowest BCUT2D eigenvalue weighted by atomic mass is 9.76. The predicted molar refractivity (Wildman–Crippen MR) is 86.7 cm³/mol. The van der Waals surface area contributed by atoms with Gasteiger partial charge >= 0.3 is 0 Å². The lowest BCUT2D eigenvalue weighted by Crippen LogP contribution is -2.47. The Morgan fingerprint density at radius 2 is 2.13 bits per heavy atom. The molecule has 1 aliphatic heterocycles. The molecule has 1 aromatic carbocycles. The summed E-state index contributed by atoms with van der Waals surface area (Å²) in [4.78, 5) is 14.5. The molecule has 0 N–H and O–H groups in total. The van der Waals surface area contributed by atoms with Crippen LogP contribution in [0.25, 0.3) is 0 Å². The van der Waals surface area contributed by atoms with Crippen LogP contribution in [0.15, 0.2) is 36.7 Å². The van der Waals surface area contributed by atoms with Gasteiger partial charge in [-0.2, -0.15) is 0 Å². The SMILES string of the molecule is CC1(c2ccccc2)CCCN(C(=O)CCCn2cnnn2)C1. The summed E-state index contributed by atoms with van der Waals surface area (Å²) < 4.78 is 1.66. The zero-order chi connectivity index (χ0) is 16.1. The third-order valence-corrected chi connectivity index (χ3v) is 4.69. The molecular formula is C17H23N5O. The third kappa shape index (κ3) is 3.75. The molecule has 2 heterocycles. The summed E-state index contributed by atoms with van der Waals surface area (Å²) in [6.45, 7) is 4.62. The van der Waals surface area contributed by atoms with Crippen LogP contribution in [0.1, 0.15) is 38.2 Å². The number of benzene rings is 1. The van der Waals surface area contributed by atoms with Gasteiger partial charge < -0.3 is 4.90 Å². The average molecular weight is 313 g/mol. The van der Waals surface area contributed by atoms with Crippen molar-refractivity contribution in [3.63, 3.8) is 0 Å². The van der Waals surface area contributed by atoms with E-state index < -0.39 is 0 Å². The quantitative estimate of drug-likeness (QED) is 0.847. The number of rotatable bonds is 5. The minimum atomic E-state index is 0.0605. The topological polar surface area (TPSA) is 63.9 Å². The molecule has 1 aliphatic rings. The van der Waals surface area contributed by atoms with Crippen LogP contribution in [0.4, 0.5) is 0 Å². The number of hydrogen-bond acceptors (Lipinski definition) is 4. The minimum Gasteiger partial charge on any atom is -0.342 e. The summed E-state index contributed by atoms with van der Waals surface area (Å²) in [6.07, 6.45) is 5.08. The average Bonchev–Trinajstić information content (AvgIpc) is 3.09. The fourth-order valence-corrected chi connectivity index (χ4v) is 3.36. The van der Waals surface area contributed by atoms with E-state index in [2.05, 4.69) is 46.7 Å². The Bertz CT molecular complexity index is 628. The third-order valence-electron chi connectivity index (χ3n) is 4.69. The summed E-state index contributed by atoms with van der Waals surface area (Å²) in [5.41, 5.74) is 1.39. The van der Waals surface area contributed by atoms with Crippen molar-refractivity contribution >= 4 is 5.91 Å². The van der Waals surface area contributed by atoms with Gasteiger partial charge in [0.2, 0.25) is 5.91 Å². The lowest BCUT2D eigenvalue weighted by Gasteiger charge is -2.41. The number of carbonyl (C=O) groups is 1. The second-order valence-corrected chi connectivity index (χ2v) is 6.52. The van der Waals surface area contributed by atoms with Crippen molar-refractivity contribution in [3.05, 3.63) is 42.2 Å². The smallest absolute Gasteiger partial charge is 0.222 e. The highest BCUT2D eigenvalue weighted by atomic mass is 16.2. The summed E-state index contributed by atoms with van der Waals surface area (Å²) in [5, 5.41) is 11.0. The molecule has 1 unspecified atom stereocenters. The number of piperidine rings is 1. The van der Waals surface area contributed by atoms with Crippen LogP contribution in [0, 0.1) is 0 Å². The monoisotopic (exact) mass is 313 g/mol. The van der Waals surface area contributed by atoms with E-state index in [1.165, 1.54) is 5.56 Å². The van der Waals surface area contributed by atoms with Gasteiger partial charge in [-0.3, -0.25) is 4.79 Å². The van der Waals surface area contributed by atoms with Gasteiger partial charge in [-0.1, -0.05) is 37.3 Å². The Morgan fingerprint density at radius 1 is 1.30 bits per heavy atom. The van der Waals surface area contributed by atoms with Gasteiger partial charge in [0, 0.05) is 31.5 Å². The van der Waals surface area contributed by atoms with E-state index in [0.717, 1.165) is 32.4 Å². The van der Waals surface area contributed by atoms with Crippen LogP contribution >= 0.6 is 0 Å². The van der Waals surface area contributed by atoms with Crippen LogP contribution in [-0.4, -0.2) is 44.1 Å². The van der Waals surface area contributed by atoms with Crippen molar-refractivity contribution < 1.29 is 4.79 Å². The highest BCUT2D eigenvalue weighted by molar-refractivity contribution is 5.76. The van der Waals surface area contributed by atoms with Gasteiger partial charge in [0.05, 0.1) is 0 Å². The van der Waals surface area contributed by atoms with Crippen molar-refractivity contribution in [2.24, 2.45) is 0 Å². The highest BCUT2D eigenvalue weighted by Crippen LogP contribution is 2.33. The standard InChI is InChI=1S/C17H23N5O/c1-17(15-7-3-2-4-8-15)10-6-11-21(13-17)16(23)9-5-12-22-14-18-19-20-22/h2-4,7-8,14H,5-6,9-13H2,1H3. The van der Waals surface area contributed by atoms with Crippen LogP contribution in [-0.2, 0) is 16.8 Å². The normalized spacial score (nSPS) is 21.3. The molecule has 23 heavy (non-hydrogen) atoms. The van der Waals surface area contributed by atoms with E-state index in [4.69, 9.17) is 0 Å². The number of nitrogens with zero attached hydrogens (tertiary/aromatic N) is 5. The number of likely N-dealkylation sites (tertiary alicyclic amines) is 1. The van der Waals surface area contributed by atoms with Crippen molar-refractivity contribution in [1.29, 1.82) is 0 Å². The first kappa shape index (κ1) is 15.6. The Hall–Kier alpha value is -2.24. The van der Waals surface area contributed by atoms with Gasteiger partial charge in [0.25, 0.3) is 0 Å². The molecule has 0 radical (unpaired) electrons. The van der Waals surface area contributed by atoms with Crippen molar-refractivity contribution in [2.75, 3.05) is 13.1 Å². The number of tetrazole rings is 1. The number of aryl methyl sites for hydroxylation is 1. The number of carbonyl (C=O) groups excluding carboxylic acids is 1. The Kier molecular flexibility index (Phi) is 4.69. The Balaban J connectivity index is 1.56. The summed E-state index contributed by atoms with van der Waals surface area (Å²) in [5.74, 6) is 0.236. The highest BCUT2D eigenvalue weighted by Gasteiger charge is 2.34. The number of aromatic nitrogens is 4. The summed E-state index contributed by atoms with van der Waals surface area (Å²) in [6, 6.07) is 10.5. The molecule has 1 atom stereocenters. The summed E-state index contributed by atoms with van der Waals surface area (Å²) >= 11 is 0. The molecule has 0 aliphatic carbocycles. The molecule has 1 amide bonds.